The molecule has 0 atom stereocenters. The quantitative estimate of drug-likeness (QED) is 0.806. The van der Waals surface area contributed by atoms with Gasteiger partial charge in [-0.2, -0.15) is 0 Å². The molecule has 1 aromatic carbocycles. The largest absolute Gasteiger partial charge is 0.480 e. The van der Waals surface area contributed by atoms with Crippen molar-refractivity contribution in [3.63, 3.8) is 0 Å². The Bertz CT molecular complexity index is 581. The second-order valence-corrected chi connectivity index (χ2v) is 4.44. The fourth-order valence-corrected chi connectivity index (χ4v) is 1.87. The molecule has 2 aromatic rings. The Morgan fingerprint density at radius 2 is 1.86 bits per heavy atom. The lowest BCUT2D eigenvalue weighted by Crippen LogP contribution is -2.39. The molecule has 1 amide bonds. The Hall–Kier alpha value is -2.76. The first-order chi connectivity index (χ1) is 10.1. The number of aliphatic carboxylic acids is 1. The zero-order valence-corrected chi connectivity index (χ0v) is 11.4. The molecule has 2 rings (SSSR count). The lowest BCUT2D eigenvalue weighted by atomic mass is 10.3. The van der Waals surface area contributed by atoms with Crippen LogP contribution in [0.5, 0.6) is 0 Å². The molecule has 1 aromatic heterocycles. The van der Waals surface area contributed by atoms with Crippen molar-refractivity contribution in [3.8, 4) is 0 Å². The van der Waals surface area contributed by atoms with Gasteiger partial charge in [0.25, 0.3) is 0 Å². The number of nitrogens with one attached hydrogen (secondary N) is 1. The predicted octanol–water partition coefficient (Wildman–Crippen LogP) is 1.49. The van der Waals surface area contributed by atoms with E-state index < -0.39 is 5.97 Å². The van der Waals surface area contributed by atoms with Gasteiger partial charge in [0.1, 0.15) is 12.3 Å². The molecule has 0 saturated carbocycles. The highest BCUT2D eigenvalue weighted by Gasteiger charge is 2.14. The molecule has 0 aliphatic heterocycles. The molecule has 6 nitrogen and oxygen atoms in total. The van der Waals surface area contributed by atoms with Crippen LogP contribution in [0.1, 0.15) is 5.76 Å². The first kappa shape index (κ1) is 14.6. The van der Waals surface area contributed by atoms with Crippen LogP contribution in [0.15, 0.2) is 53.1 Å². The van der Waals surface area contributed by atoms with Crippen LogP contribution >= 0.6 is 0 Å². The van der Waals surface area contributed by atoms with Gasteiger partial charge < -0.3 is 19.7 Å². The van der Waals surface area contributed by atoms with E-state index in [1.54, 1.807) is 36.4 Å². The van der Waals surface area contributed by atoms with Gasteiger partial charge in [0, 0.05) is 5.69 Å². The third-order valence-electron chi connectivity index (χ3n) is 2.82. The molecular formula is C15H16N2O4. The minimum atomic E-state index is -0.988. The van der Waals surface area contributed by atoms with E-state index >= 15 is 0 Å². The number of nitrogens with zero attached hydrogens (tertiary/aromatic N) is 1. The van der Waals surface area contributed by atoms with Gasteiger partial charge >= 0.3 is 5.97 Å². The highest BCUT2D eigenvalue weighted by atomic mass is 16.4. The van der Waals surface area contributed by atoms with Crippen LogP contribution in [-0.2, 0) is 16.1 Å². The normalized spacial score (nSPS) is 10.1. The maximum absolute atomic E-state index is 11.9. The van der Waals surface area contributed by atoms with Crippen molar-refractivity contribution < 1.29 is 19.1 Å². The van der Waals surface area contributed by atoms with Gasteiger partial charge in [0.2, 0.25) is 5.91 Å². The lowest BCUT2D eigenvalue weighted by Gasteiger charge is -2.22. The number of anilines is 1. The number of benzene rings is 1. The summed E-state index contributed by atoms with van der Waals surface area (Å²) in [5, 5.41) is 11.6. The highest BCUT2D eigenvalue weighted by Crippen LogP contribution is 2.12. The molecule has 0 saturated heterocycles. The number of amides is 1. The minimum Gasteiger partial charge on any atom is -0.480 e. The summed E-state index contributed by atoms with van der Waals surface area (Å²) in [7, 11) is 0. The number of hydrogen-bond donors (Lipinski definition) is 2. The predicted molar refractivity (Wildman–Crippen MR) is 76.8 cm³/mol. The van der Waals surface area contributed by atoms with Crippen molar-refractivity contribution in [2.24, 2.45) is 0 Å². The van der Waals surface area contributed by atoms with E-state index in [0.29, 0.717) is 11.4 Å². The van der Waals surface area contributed by atoms with E-state index in [1.807, 2.05) is 6.07 Å². The summed E-state index contributed by atoms with van der Waals surface area (Å²) in [5.74, 6) is -0.609. The number of carboxylic acid groups (broad SMARTS) is 1. The topological polar surface area (TPSA) is 82.8 Å². The van der Waals surface area contributed by atoms with Crippen molar-refractivity contribution in [1.29, 1.82) is 0 Å². The van der Waals surface area contributed by atoms with E-state index in [2.05, 4.69) is 5.32 Å². The maximum Gasteiger partial charge on any atom is 0.323 e. The van der Waals surface area contributed by atoms with E-state index in [0.717, 1.165) is 0 Å². The van der Waals surface area contributed by atoms with Gasteiger partial charge in [-0.1, -0.05) is 18.2 Å². The van der Waals surface area contributed by atoms with Crippen LogP contribution in [0, 0.1) is 0 Å². The van der Waals surface area contributed by atoms with E-state index in [9.17, 15) is 9.59 Å². The van der Waals surface area contributed by atoms with Crippen molar-refractivity contribution in [2.75, 3.05) is 18.0 Å². The molecule has 1 heterocycles. The maximum atomic E-state index is 11.9. The van der Waals surface area contributed by atoms with Crippen molar-refractivity contribution in [1.82, 2.24) is 5.32 Å². The van der Waals surface area contributed by atoms with Gasteiger partial charge in [0.15, 0.2) is 0 Å². The van der Waals surface area contributed by atoms with E-state index in [4.69, 9.17) is 9.52 Å². The molecule has 0 radical (unpaired) electrons. The molecule has 6 heteroatoms. The minimum absolute atomic E-state index is 0.0307. The number of rotatable bonds is 7. The second-order valence-electron chi connectivity index (χ2n) is 4.44. The zero-order chi connectivity index (χ0) is 15.1. The Balaban J connectivity index is 1.94. The molecule has 0 spiro atoms. The summed E-state index contributed by atoms with van der Waals surface area (Å²) < 4.78 is 5.12. The first-order valence-corrected chi connectivity index (χ1v) is 6.46. The standard InChI is InChI=1S/C15H16N2O4/c18-14(16-9-13-7-4-8-21-13)10-17(11-15(19)20)12-5-2-1-3-6-12/h1-8H,9-11H2,(H,16,18)(H,19,20). The second kappa shape index (κ2) is 7.14. The third-order valence-corrected chi connectivity index (χ3v) is 2.82. The van der Waals surface area contributed by atoms with E-state index in [-0.39, 0.29) is 25.5 Å². The molecular weight excluding hydrogens is 272 g/mol. The summed E-state index contributed by atoms with van der Waals surface area (Å²) in [6.07, 6.45) is 1.53. The average molecular weight is 288 g/mol. The van der Waals surface area contributed by atoms with Gasteiger partial charge in [-0.3, -0.25) is 9.59 Å². The summed E-state index contributed by atoms with van der Waals surface area (Å²) >= 11 is 0. The third kappa shape index (κ3) is 4.68. The Morgan fingerprint density at radius 1 is 1.10 bits per heavy atom. The fraction of sp³-hybridized carbons (Fsp3) is 0.200. The number of carboxylic acids is 1. The number of carbonyl (C=O) groups excluding carboxylic acids is 1. The van der Waals surface area contributed by atoms with Gasteiger partial charge in [-0.05, 0) is 24.3 Å². The molecule has 0 unspecified atom stereocenters. The summed E-state index contributed by atoms with van der Waals surface area (Å²) in [6, 6.07) is 12.5. The molecule has 0 aliphatic carbocycles. The number of hydrogen-bond acceptors (Lipinski definition) is 4. The van der Waals surface area contributed by atoms with Crippen LogP contribution < -0.4 is 10.2 Å². The molecule has 0 fully saturated rings. The Labute approximate surface area is 122 Å². The zero-order valence-electron chi connectivity index (χ0n) is 11.4. The average Bonchev–Trinajstić information content (AvgIpc) is 2.98. The number of furan rings is 1. The Kier molecular flexibility index (Phi) is 4.98. The molecule has 110 valence electrons. The number of carbonyl (C=O) groups is 2. The SMILES string of the molecule is O=C(O)CN(CC(=O)NCc1ccco1)c1ccccc1. The summed E-state index contributed by atoms with van der Waals surface area (Å²) in [6.45, 7) is 0.0107. The van der Waals surface area contributed by atoms with Gasteiger partial charge in [-0.25, -0.2) is 0 Å². The summed E-state index contributed by atoms with van der Waals surface area (Å²) in [5.41, 5.74) is 0.688. The fourth-order valence-electron chi connectivity index (χ4n) is 1.87. The summed E-state index contributed by atoms with van der Waals surface area (Å²) in [4.78, 5) is 24.3. The van der Waals surface area contributed by atoms with Crippen molar-refractivity contribution >= 4 is 17.6 Å². The molecule has 2 N–H and O–H groups in total. The highest BCUT2D eigenvalue weighted by molar-refractivity contribution is 5.83. The van der Waals surface area contributed by atoms with Crippen LogP contribution in [0.2, 0.25) is 0 Å². The van der Waals surface area contributed by atoms with Crippen molar-refractivity contribution in [2.45, 2.75) is 6.54 Å². The van der Waals surface area contributed by atoms with Crippen LogP contribution in [0.3, 0.4) is 0 Å². The molecule has 0 aliphatic rings. The lowest BCUT2D eigenvalue weighted by molar-refractivity contribution is -0.135. The van der Waals surface area contributed by atoms with Crippen LogP contribution in [0.25, 0.3) is 0 Å². The Morgan fingerprint density at radius 3 is 2.48 bits per heavy atom. The first-order valence-electron chi connectivity index (χ1n) is 6.46. The molecule has 0 bridgehead atoms. The van der Waals surface area contributed by atoms with Crippen LogP contribution in [0.4, 0.5) is 5.69 Å². The van der Waals surface area contributed by atoms with Crippen molar-refractivity contribution in [3.05, 3.63) is 54.5 Å². The monoisotopic (exact) mass is 288 g/mol. The number of para-hydroxylation sites is 1. The van der Waals surface area contributed by atoms with Crippen LogP contribution in [-0.4, -0.2) is 30.1 Å². The van der Waals surface area contributed by atoms with Gasteiger partial charge in [-0.15, -0.1) is 0 Å². The molecule has 21 heavy (non-hydrogen) atoms. The van der Waals surface area contributed by atoms with E-state index in [1.165, 1.54) is 11.2 Å². The smallest absolute Gasteiger partial charge is 0.323 e. The van der Waals surface area contributed by atoms with Gasteiger partial charge in [0.05, 0.1) is 19.4 Å².